The lowest BCUT2D eigenvalue weighted by Gasteiger charge is -2.19. The fraction of sp³-hybridized carbons (Fsp3) is 0.276. The van der Waals surface area contributed by atoms with E-state index in [4.69, 9.17) is 18.6 Å². The van der Waals surface area contributed by atoms with Crippen molar-refractivity contribution in [1.29, 1.82) is 0 Å². The van der Waals surface area contributed by atoms with Crippen molar-refractivity contribution >= 4 is 21.9 Å². The van der Waals surface area contributed by atoms with E-state index >= 15 is 0 Å². The van der Waals surface area contributed by atoms with Crippen LogP contribution in [-0.4, -0.2) is 29.2 Å². The number of methoxy groups -OCH3 is 2. The number of nitrogens with zero attached hydrogens (tertiary/aromatic N) is 3. The summed E-state index contributed by atoms with van der Waals surface area (Å²) in [5.74, 6) is 1.46. The van der Waals surface area contributed by atoms with Gasteiger partial charge in [-0.1, -0.05) is 50.3 Å². The third-order valence-electron chi connectivity index (χ3n) is 6.28. The Morgan fingerprint density at radius 3 is 2.41 bits per heavy atom. The van der Waals surface area contributed by atoms with Gasteiger partial charge in [0.15, 0.2) is 0 Å². The maximum Gasteiger partial charge on any atom is 0.204 e. The van der Waals surface area contributed by atoms with E-state index in [9.17, 15) is 4.79 Å². The lowest BCUT2D eigenvalue weighted by Crippen LogP contribution is -2.11. The van der Waals surface area contributed by atoms with Gasteiger partial charge in [-0.25, -0.2) is 4.68 Å². The topological polar surface area (TPSA) is 88.6 Å². The molecule has 0 aliphatic rings. The minimum atomic E-state index is -0.204. The predicted octanol–water partition coefficient (Wildman–Crippen LogP) is 5.48. The van der Waals surface area contributed by atoms with Gasteiger partial charge in [0.1, 0.15) is 46.1 Å². The summed E-state index contributed by atoms with van der Waals surface area (Å²) >= 11 is 0. The van der Waals surface area contributed by atoms with Crippen molar-refractivity contribution in [3.8, 4) is 17.2 Å². The second kappa shape index (κ2) is 9.61. The largest absolute Gasteiger partial charge is 0.496 e. The van der Waals surface area contributed by atoms with Gasteiger partial charge in [-0.3, -0.25) is 4.79 Å². The second-order valence-corrected chi connectivity index (χ2v) is 9.94. The number of aromatic nitrogens is 3. The van der Waals surface area contributed by atoms with Crippen molar-refractivity contribution in [3.63, 3.8) is 0 Å². The van der Waals surface area contributed by atoms with Gasteiger partial charge in [0.2, 0.25) is 5.43 Å². The number of benzene rings is 3. The Morgan fingerprint density at radius 2 is 1.70 bits per heavy atom. The fourth-order valence-electron chi connectivity index (χ4n) is 4.20. The highest BCUT2D eigenvalue weighted by molar-refractivity contribution is 5.94. The van der Waals surface area contributed by atoms with E-state index in [2.05, 4.69) is 55.3 Å². The lowest BCUT2D eigenvalue weighted by molar-refractivity contribution is 0.301. The van der Waals surface area contributed by atoms with Crippen molar-refractivity contribution in [2.45, 2.75) is 39.3 Å². The van der Waals surface area contributed by atoms with Gasteiger partial charge in [0.05, 0.1) is 32.3 Å². The van der Waals surface area contributed by atoms with E-state index in [1.54, 1.807) is 42.1 Å². The van der Waals surface area contributed by atoms with Crippen LogP contribution in [0.15, 0.2) is 70.0 Å². The monoisotopic (exact) mass is 499 g/mol. The van der Waals surface area contributed by atoms with Crippen LogP contribution >= 0.6 is 0 Å². The molecule has 0 radical (unpaired) electrons. The Morgan fingerprint density at radius 1 is 0.919 bits per heavy atom. The normalized spacial score (nSPS) is 11.7. The highest BCUT2D eigenvalue weighted by Gasteiger charge is 2.16. The Balaban J connectivity index is 1.33. The molecule has 0 unspecified atom stereocenters. The van der Waals surface area contributed by atoms with Crippen LogP contribution in [0.1, 0.15) is 37.6 Å². The Hall–Kier alpha value is -4.33. The van der Waals surface area contributed by atoms with E-state index in [0.29, 0.717) is 51.4 Å². The van der Waals surface area contributed by atoms with Crippen LogP contribution in [0.25, 0.3) is 21.9 Å². The summed E-state index contributed by atoms with van der Waals surface area (Å²) in [4.78, 5) is 13.3. The molecule has 2 aromatic heterocycles. The van der Waals surface area contributed by atoms with Gasteiger partial charge >= 0.3 is 0 Å². The molecule has 0 amide bonds. The molecule has 2 heterocycles. The van der Waals surface area contributed by atoms with Crippen LogP contribution in [0, 0.1) is 0 Å². The molecule has 0 saturated heterocycles. The van der Waals surface area contributed by atoms with E-state index in [1.165, 1.54) is 12.7 Å². The fourth-order valence-corrected chi connectivity index (χ4v) is 4.20. The van der Waals surface area contributed by atoms with Crippen molar-refractivity contribution < 1.29 is 18.6 Å². The smallest absolute Gasteiger partial charge is 0.204 e. The molecule has 0 N–H and O–H groups in total. The van der Waals surface area contributed by atoms with Crippen molar-refractivity contribution in [2.75, 3.05) is 14.2 Å². The first-order chi connectivity index (χ1) is 17.7. The van der Waals surface area contributed by atoms with E-state index < -0.39 is 0 Å². The zero-order valence-corrected chi connectivity index (χ0v) is 21.6. The van der Waals surface area contributed by atoms with Crippen LogP contribution in [0.5, 0.6) is 17.2 Å². The summed E-state index contributed by atoms with van der Waals surface area (Å²) in [6, 6.07) is 17.0. The van der Waals surface area contributed by atoms with E-state index in [0.717, 1.165) is 5.56 Å². The average Bonchev–Trinajstić information content (AvgIpc) is 3.34. The van der Waals surface area contributed by atoms with Gasteiger partial charge in [-0.2, -0.15) is 0 Å². The van der Waals surface area contributed by atoms with Gasteiger partial charge in [0, 0.05) is 12.1 Å². The summed E-state index contributed by atoms with van der Waals surface area (Å²) in [6.07, 6.45) is 1.86. The van der Waals surface area contributed by atoms with Gasteiger partial charge < -0.3 is 18.6 Å². The van der Waals surface area contributed by atoms with E-state index in [-0.39, 0.29) is 17.5 Å². The molecule has 0 fully saturated rings. The molecular weight excluding hydrogens is 470 g/mol. The number of hydrogen-bond donors (Lipinski definition) is 0. The minimum Gasteiger partial charge on any atom is -0.496 e. The summed E-state index contributed by atoms with van der Waals surface area (Å²) in [6.45, 7) is 7.43. The number of rotatable bonds is 7. The van der Waals surface area contributed by atoms with Crippen molar-refractivity contribution in [3.05, 3.63) is 87.8 Å². The third-order valence-corrected chi connectivity index (χ3v) is 6.28. The Labute approximate surface area is 214 Å². The van der Waals surface area contributed by atoms with Crippen molar-refractivity contribution in [2.24, 2.45) is 0 Å². The molecule has 0 spiro atoms. The molecule has 0 aliphatic heterocycles. The summed E-state index contributed by atoms with van der Waals surface area (Å²) in [5.41, 5.74) is 3.88. The number of fused-ring (bicyclic) bond motifs is 2. The molecule has 8 nitrogen and oxygen atoms in total. The summed E-state index contributed by atoms with van der Waals surface area (Å²) in [5, 5.41) is 9.20. The number of hydrogen-bond acceptors (Lipinski definition) is 7. The zero-order chi connectivity index (χ0) is 26.2. The molecule has 8 heteroatoms. The quantitative estimate of drug-likeness (QED) is 0.274. The molecule has 0 aliphatic carbocycles. The van der Waals surface area contributed by atoms with Crippen LogP contribution in [0.3, 0.4) is 0 Å². The maximum atomic E-state index is 13.3. The molecule has 0 atom stereocenters. The molecule has 3 aromatic carbocycles. The minimum absolute atomic E-state index is 0.118. The standard InChI is InChI=1S/C29H29N3O5/c1-29(2,3)19-8-6-18(7-9-19)15-32-16-20(30-31-32)17-36-21-10-11-24-23(12-21)28(33)27-25(35-5)13-22(34-4)14-26(27)37-24/h6-14,16H,15,17H2,1-5H3. The Kier molecular flexibility index (Phi) is 6.33. The first-order valence-electron chi connectivity index (χ1n) is 12.0. The number of ether oxygens (including phenoxy) is 3. The summed E-state index contributed by atoms with van der Waals surface area (Å²) in [7, 11) is 3.05. The molecule has 0 bridgehead atoms. The Bertz CT molecular complexity index is 1630. The van der Waals surface area contributed by atoms with Gasteiger partial charge in [-0.15, -0.1) is 5.10 Å². The van der Waals surface area contributed by atoms with E-state index in [1.807, 2.05) is 6.20 Å². The maximum absolute atomic E-state index is 13.3. The van der Waals surface area contributed by atoms with Crippen LogP contribution in [0.2, 0.25) is 0 Å². The van der Waals surface area contributed by atoms with Crippen LogP contribution in [-0.2, 0) is 18.6 Å². The van der Waals surface area contributed by atoms with Crippen LogP contribution in [0.4, 0.5) is 0 Å². The highest BCUT2D eigenvalue weighted by atomic mass is 16.5. The average molecular weight is 500 g/mol. The molecule has 37 heavy (non-hydrogen) atoms. The second-order valence-electron chi connectivity index (χ2n) is 9.94. The molecule has 190 valence electrons. The molecular formula is C29H29N3O5. The van der Waals surface area contributed by atoms with Crippen LogP contribution < -0.4 is 19.6 Å². The predicted molar refractivity (Wildman–Crippen MR) is 142 cm³/mol. The van der Waals surface area contributed by atoms with Gasteiger partial charge in [0.25, 0.3) is 0 Å². The lowest BCUT2D eigenvalue weighted by atomic mass is 9.87. The SMILES string of the molecule is COc1cc(OC)c2c(=O)c3cc(OCc4cn(Cc5ccc(C(C)(C)C)cc5)nn4)ccc3oc2c1. The zero-order valence-electron chi connectivity index (χ0n) is 21.6. The molecule has 0 saturated carbocycles. The molecule has 5 aromatic rings. The first-order valence-corrected chi connectivity index (χ1v) is 12.0. The first kappa shape index (κ1) is 24.4. The summed E-state index contributed by atoms with van der Waals surface area (Å²) < 4.78 is 24.4. The molecule has 5 rings (SSSR count). The highest BCUT2D eigenvalue weighted by Crippen LogP contribution is 2.32. The third kappa shape index (κ3) is 5.00. The van der Waals surface area contributed by atoms with Crippen molar-refractivity contribution in [1.82, 2.24) is 15.0 Å². The van der Waals surface area contributed by atoms with Gasteiger partial charge in [-0.05, 0) is 34.7 Å².